The standard InChI is InChI=1S/C16H8F6O6S2Si/c17-15(18,19)29(23,24)27-31(28-30(25,26)16(20,21)22)11-5-1-3-9-7-8-10-4-2-6-12(31)14(10)13(9)11/h1-8H. The summed E-state index contributed by atoms with van der Waals surface area (Å²) in [5, 5.41) is -0.274. The fraction of sp³-hybridized carbons (Fsp3) is 0.125. The maximum absolute atomic E-state index is 13.1. The largest absolute Gasteiger partial charge is 0.522 e. The zero-order valence-electron chi connectivity index (χ0n) is 14.7. The molecule has 15 heteroatoms. The van der Waals surface area contributed by atoms with E-state index >= 15 is 0 Å². The molecule has 0 fully saturated rings. The van der Waals surface area contributed by atoms with Gasteiger partial charge in [0, 0.05) is 10.4 Å². The molecule has 1 aliphatic heterocycles. The number of hydrogen-bond donors (Lipinski definition) is 0. The van der Waals surface area contributed by atoms with Gasteiger partial charge in [-0.2, -0.15) is 43.2 Å². The van der Waals surface area contributed by atoms with Crippen LogP contribution in [0.2, 0.25) is 0 Å². The molecule has 0 unspecified atom stereocenters. The van der Waals surface area contributed by atoms with Crippen molar-refractivity contribution in [3.8, 4) is 0 Å². The number of halogens is 6. The van der Waals surface area contributed by atoms with Gasteiger partial charge in [-0.1, -0.05) is 48.5 Å². The Hall–Kier alpha value is -2.20. The van der Waals surface area contributed by atoms with Crippen LogP contribution in [0.4, 0.5) is 26.3 Å². The molecule has 6 nitrogen and oxygen atoms in total. The second-order valence-electron chi connectivity index (χ2n) is 6.46. The molecule has 0 radical (unpaired) electrons. The van der Waals surface area contributed by atoms with Gasteiger partial charge in [0.25, 0.3) is 0 Å². The smallest absolute Gasteiger partial charge is 0.267 e. The Labute approximate surface area is 171 Å². The lowest BCUT2D eigenvalue weighted by molar-refractivity contribution is -0.0527. The lowest BCUT2D eigenvalue weighted by atomic mass is 10.0. The van der Waals surface area contributed by atoms with E-state index in [2.05, 4.69) is 7.74 Å². The Bertz CT molecular complexity index is 1340. The molecule has 0 saturated carbocycles. The van der Waals surface area contributed by atoms with Gasteiger partial charge in [0.1, 0.15) is 0 Å². The highest BCUT2D eigenvalue weighted by Gasteiger charge is 2.64. The van der Waals surface area contributed by atoms with E-state index in [-0.39, 0.29) is 10.8 Å². The average Bonchev–Trinajstić information content (AvgIpc) is 2.89. The average molecular weight is 502 g/mol. The molecule has 0 amide bonds. The van der Waals surface area contributed by atoms with E-state index in [4.69, 9.17) is 0 Å². The van der Waals surface area contributed by atoms with Crippen molar-refractivity contribution in [3.63, 3.8) is 0 Å². The van der Waals surface area contributed by atoms with Crippen LogP contribution in [0.3, 0.4) is 0 Å². The summed E-state index contributed by atoms with van der Waals surface area (Å²) in [6.07, 6.45) is 0. The zero-order valence-corrected chi connectivity index (χ0v) is 17.3. The first-order chi connectivity index (χ1) is 14.1. The highest BCUT2D eigenvalue weighted by Crippen LogP contribution is 2.38. The van der Waals surface area contributed by atoms with Crippen LogP contribution in [0.5, 0.6) is 0 Å². The van der Waals surface area contributed by atoms with Gasteiger partial charge in [0.15, 0.2) is 0 Å². The summed E-state index contributed by atoms with van der Waals surface area (Å²) in [6.45, 7) is 0. The third-order valence-electron chi connectivity index (χ3n) is 4.62. The fourth-order valence-corrected chi connectivity index (χ4v) is 10.6. The van der Waals surface area contributed by atoms with Crippen LogP contribution in [-0.4, -0.2) is 36.4 Å². The molecular weight excluding hydrogens is 494 g/mol. The van der Waals surface area contributed by atoms with E-state index < -0.39 is 50.2 Å². The van der Waals surface area contributed by atoms with Gasteiger partial charge < -0.3 is 0 Å². The summed E-state index contributed by atoms with van der Waals surface area (Å²) in [5.74, 6) is 0. The molecule has 31 heavy (non-hydrogen) atoms. The fourth-order valence-electron chi connectivity index (χ4n) is 3.45. The van der Waals surface area contributed by atoms with Crippen molar-refractivity contribution >= 4 is 60.7 Å². The third kappa shape index (κ3) is 3.14. The Kier molecular flexibility index (Phi) is 4.55. The van der Waals surface area contributed by atoms with E-state index in [1.54, 1.807) is 0 Å². The normalized spacial score (nSPS) is 16.5. The molecule has 0 bridgehead atoms. The van der Waals surface area contributed by atoms with Crippen LogP contribution in [-0.2, 0) is 28.0 Å². The maximum Gasteiger partial charge on any atom is 0.522 e. The molecule has 4 rings (SSSR count). The second-order valence-corrected chi connectivity index (χ2v) is 12.8. The molecule has 166 valence electrons. The van der Waals surface area contributed by atoms with Crippen molar-refractivity contribution in [1.29, 1.82) is 0 Å². The van der Waals surface area contributed by atoms with Gasteiger partial charge in [0.05, 0.1) is 0 Å². The molecule has 0 aromatic heterocycles. The predicted molar refractivity (Wildman–Crippen MR) is 98.6 cm³/mol. The molecular formula is C16H8F6O6S2Si. The zero-order chi connectivity index (χ0) is 23.0. The topological polar surface area (TPSA) is 86.7 Å². The highest BCUT2D eigenvalue weighted by atomic mass is 32.2. The maximum atomic E-state index is 13.1. The van der Waals surface area contributed by atoms with Crippen LogP contribution < -0.4 is 10.4 Å². The first-order valence-corrected chi connectivity index (χ1v) is 12.7. The summed E-state index contributed by atoms with van der Waals surface area (Å²) >= 11 is 0. The van der Waals surface area contributed by atoms with E-state index in [9.17, 15) is 43.2 Å². The summed E-state index contributed by atoms with van der Waals surface area (Å²) in [7, 11) is -18.8. The Morgan fingerprint density at radius 1 is 0.613 bits per heavy atom. The van der Waals surface area contributed by atoms with Gasteiger partial charge in [-0.3, -0.25) is 7.74 Å². The summed E-state index contributed by atoms with van der Waals surface area (Å²) in [5.41, 5.74) is -12.1. The van der Waals surface area contributed by atoms with Crippen LogP contribution in [0, 0.1) is 0 Å². The van der Waals surface area contributed by atoms with Gasteiger partial charge in [-0.15, -0.1) is 0 Å². The lowest BCUT2D eigenvalue weighted by Gasteiger charge is -2.28. The Morgan fingerprint density at radius 2 is 0.968 bits per heavy atom. The van der Waals surface area contributed by atoms with E-state index in [1.165, 1.54) is 36.4 Å². The number of hydrogen-bond acceptors (Lipinski definition) is 6. The monoisotopic (exact) mass is 502 g/mol. The van der Waals surface area contributed by atoms with Gasteiger partial charge in [-0.25, -0.2) is 0 Å². The van der Waals surface area contributed by atoms with Crippen LogP contribution in [0.15, 0.2) is 48.5 Å². The van der Waals surface area contributed by atoms with E-state index in [1.807, 2.05) is 0 Å². The summed E-state index contributed by atoms with van der Waals surface area (Å²) in [6, 6.07) is 10.3. The SMILES string of the molecule is O=S(=O)(O[Si]1(OS(=O)(=O)C(F)(F)F)c2cccc3ccc4cccc1c4c23)C(F)(F)F. The van der Waals surface area contributed by atoms with Gasteiger partial charge in [0.2, 0.25) is 0 Å². The minimum absolute atomic E-state index is 0.0528. The second kappa shape index (κ2) is 6.41. The molecule has 3 aromatic rings. The van der Waals surface area contributed by atoms with Crippen LogP contribution in [0.25, 0.3) is 21.5 Å². The van der Waals surface area contributed by atoms with E-state index in [0.29, 0.717) is 10.8 Å². The van der Waals surface area contributed by atoms with Crippen molar-refractivity contribution in [2.75, 3.05) is 0 Å². The Balaban J connectivity index is 2.13. The highest BCUT2D eigenvalue weighted by molar-refractivity contribution is 7.90. The molecule has 0 spiro atoms. The third-order valence-corrected chi connectivity index (χ3v) is 11.6. The molecule has 1 aliphatic rings. The van der Waals surface area contributed by atoms with E-state index in [0.717, 1.165) is 12.1 Å². The molecule has 0 saturated heterocycles. The van der Waals surface area contributed by atoms with Crippen molar-refractivity contribution < 1.29 is 50.9 Å². The van der Waals surface area contributed by atoms with Gasteiger partial charge >= 0.3 is 39.8 Å². The number of alkyl halides is 6. The van der Waals surface area contributed by atoms with Crippen LogP contribution in [0.1, 0.15) is 0 Å². The molecule has 0 N–H and O–H groups in total. The van der Waals surface area contributed by atoms with Crippen molar-refractivity contribution in [1.82, 2.24) is 0 Å². The van der Waals surface area contributed by atoms with Crippen molar-refractivity contribution in [2.24, 2.45) is 0 Å². The van der Waals surface area contributed by atoms with Crippen molar-refractivity contribution in [3.05, 3.63) is 48.5 Å². The molecule has 0 atom stereocenters. The minimum atomic E-state index is -6.56. The molecule has 0 aliphatic carbocycles. The van der Waals surface area contributed by atoms with Crippen molar-refractivity contribution in [2.45, 2.75) is 11.0 Å². The molecule has 1 heterocycles. The Morgan fingerprint density at radius 3 is 1.29 bits per heavy atom. The molecule has 3 aromatic carbocycles. The minimum Gasteiger partial charge on any atom is -0.267 e. The lowest BCUT2D eigenvalue weighted by Crippen LogP contribution is -2.64. The summed E-state index contributed by atoms with van der Waals surface area (Å²) in [4.78, 5) is 0. The first kappa shape index (κ1) is 22.0. The number of rotatable bonds is 4. The quantitative estimate of drug-likeness (QED) is 0.236. The summed E-state index contributed by atoms with van der Waals surface area (Å²) < 4.78 is 135. The van der Waals surface area contributed by atoms with Crippen LogP contribution >= 0.6 is 0 Å². The first-order valence-electron chi connectivity index (χ1n) is 8.10. The number of benzene rings is 3. The predicted octanol–water partition coefficient (Wildman–Crippen LogP) is 2.60. The van der Waals surface area contributed by atoms with Gasteiger partial charge in [-0.05, 0) is 21.5 Å².